The fraction of sp³-hybridized carbons (Fsp3) is 0.467. The summed E-state index contributed by atoms with van der Waals surface area (Å²) in [4.78, 5) is 18.2. The number of alkyl halides is 1. The molecule has 1 fully saturated rings. The highest BCUT2D eigenvalue weighted by Gasteiger charge is 2.37. The second-order valence-electron chi connectivity index (χ2n) is 10.6. The summed E-state index contributed by atoms with van der Waals surface area (Å²) in [5.41, 5.74) is 0.775. The number of likely N-dealkylation sites (tertiary alicyclic amines) is 1. The number of ether oxygens (including phenoxy) is 1. The van der Waals surface area contributed by atoms with Gasteiger partial charge in [-0.2, -0.15) is 0 Å². The summed E-state index contributed by atoms with van der Waals surface area (Å²) in [6.07, 6.45) is 2.87. The number of carboxylic acid groups (broad SMARTS) is 1. The molecule has 3 aromatic rings. The number of aliphatic hydroxyl groups is 1. The molecule has 0 aliphatic carbocycles. The third-order valence-corrected chi connectivity index (χ3v) is 8.06. The van der Waals surface area contributed by atoms with Crippen LogP contribution in [0.5, 0.6) is 5.75 Å². The second-order valence-corrected chi connectivity index (χ2v) is 10.6. The first-order valence-corrected chi connectivity index (χ1v) is 13.4. The van der Waals surface area contributed by atoms with Gasteiger partial charge in [0, 0.05) is 23.2 Å². The maximum atomic E-state index is 14.0. The second kappa shape index (κ2) is 13.0. The van der Waals surface area contributed by atoms with Crippen LogP contribution in [-0.4, -0.2) is 52.8 Å². The average molecular weight is 563 g/mol. The number of aryl methyl sites for hydroxylation is 1. The number of methoxy groups -OCH3 is 1. The number of aliphatic carboxylic acids is 1. The van der Waals surface area contributed by atoms with Crippen LogP contribution in [0.1, 0.15) is 61.3 Å². The van der Waals surface area contributed by atoms with Gasteiger partial charge in [0.25, 0.3) is 0 Å². The summed E-state index contributed by atoms with van der Waals surface area (Å²) >= 11 is 0. The third kappa shape index (κ3) is 6.90. The number of pyridine rings is 1. The van der Waals surface area contributed by atoms with E-state index in [4.69, 9.17) is 4.74 Å². The Hall–Kier alpha value is -3.24. The molecule has 10 heteroatoms. The lowest BCUT2D eigenvalue weighted by Gasteiger charge is -2.41. The van der Waals surface area contributed by atoms with Crippen LogP contribution in [0.15, 0.2) is 36.5 Å². The van der Waals surface area contributed by atoms with Crippen molar-refractivity contribution in [3.63, 3.8) is 0 Å². The zero-order valence-corrected chi connectivity index (χ0v) is 22.4. The first-order chi connectivity index (χ1) is 19.1. The number of aliphatic hydroxyl groups excluding tert-OH is 1. The van der Waals surface area contributed by atoms with Crippen LogP contribution in [0.2, 0.25) is 0 Å². The van der Waals surface area contributed by atoms with Crippen molar-refractivity contribution in [1.29, 1.82) is 0 Å². The largest absolute Gasteiger partial charge is 0.497 e. The Morgan fingerprint density at radius 2 is 1.90 bits per heavy atom. The number of carboxylic acids is 1. The highest BCUT2D eigenvalue weighted by Crippen LogP contribution is 2.42. The minimum absolute atomic E-state index is 0.00220. The lowest BCUT2D eigenvalue weighted by Crippen LogP contribution is -2.41. The van der Waals surface area contributed by atoms with Crippen molar-refractivity contribution in [3.05, 3.63) is 70.7 Å². The van der Waals surface area contributed by atoms with Crippen LogP contribution in [0.25, 0.3) is 10.9 Å². The number of halogens is 4. The Bertz CT molecular complexity index is 1340. The third-order valence-electron chi connectivity index (χ3n) is 8.06. The van der Waals surface area contributed by atoms with Gasteiger partial charge in [-0.15, -0.1) is 0 Å². The maximum absolute atomic E-state index is 14.0. The molecule has 4 rings (SSSR count). The summed E-state index contributed by atoms with van der Waals surface area (Å²) in [6.45, 7) is 0.991. The molecular formula is C30H34F4N2O4. The van der Waals surface area contributed by atoms with E-state index >= 15 is 0 Å². The van der Waals surface area contributed by atoms with Gasteiger partial charge in [-0.1, -0.05) is 0 Å². The molecule has 2 heterocycles. The number of piperidine rings is 1. The number of aromatic nitrogens is 1. The smallest absolute Gasteiger partial charge is 0.303 e. The zero-order chi connectivity index (χ0) is 28.9. The van der Waals surface area contributed by atoms with E-state index in [1.165, 1.54) is 13.3 Å². The monoisotopic (exact) mass is 562 g/mol. The minimum Gasteiger partial charge on any atom is -0.497 e. The molecule has 1 atom stereocenters. The molecule has 1 saturated heterocycles. The van der Waals surface area contributed by atoms with Gasteiger partial charge in [-0.25, -0.2) is 17.6 Å². The predicted octanol–water partition coefficient (Wildman–Crippen LogP) is 6.13. The summed E-state index contributed by atoms with van der Waals surface area (Å²) in [6, 6.07) is 6.73. The van der Waals surface area contributed by atoms with E-state index in [-0.39, 0.29) is 30.4 Å². The lowest BCUT2D eigenvalue weighted by molar-refractivity contribution is -0.141. The van der Waals surface area contributed by atoms with Crippen LogP contribution >= 0.6 is 0 Å². The molecule has 1 aromatic heterocycles. The number of hydrogen-bond donors (Lipinski definition) is 2. The molecule has 216 valence electrons. The normalized spacial score (nSPS) is 16.2. The minimum atomic E-state index is -1.20. The average Bonchev–Trinajstić information content (AvgIpc) is 2.94. The standard InChI is InChI=1S/C30H34F4N2O4/c1-40-22-4-5-25-23(15-22)28(20(17-31)18-35-25)26(37)6-7-30(16-27(38)39)8-11-36(12-9-30)10-2-3-19-13-21(32)14-24(33)29(19)34/h4-5,13-15,18,26,37H,2-3,6-12,16-17H2,1H3,(H,38,39). The quantitative estimate of drug-likeness (QED) is 0.204. The molecule has 1 unspecified atom stereocenters. The van der Waals surface area contributed by atoms with Gasteiger partial charge >= 0.3 is 5.97 Å². The van der Waals surface area contributed by atoms with Gasteiger partial charge in [0.15, 0.2) is 11.6 Å². The Labute approximate surface area is 230 Å². The maximum Gasteiger partial charge on any atom is 0.303 e. The van der Waals surface area contributed by atoms with E-state index in [1.807, 2.05) is 0 Å². The van der Waals surface area contributed by atoms with Crippen molar-refractivity contribution in [1.82, 2.24) is 9.88 Å². The number of nitrogens with zero attached hydrogens (tertiary/aromatic N) is 2. The number of hydrogen-bond acceptors (Lipinski definition) is 5. The molecule has 6 nitrogen and oxygen atoms in total. The van der Waals surface area contributed by atoms with Crippen molar-refractivity contribution < 1.29 is 37.3 Å². The molecule has 0 spiro atoms. The molecule has 1 aliphatic rings. The Balaban J connectivity index is 1.41. The van der Waals surface area contributed by atoms with Crippen LogP contribution < -0.4 is 4.74 Å². The van der Waals surface area contributed by atoms with Crippen LogP contribution in [0.3, 0.4) is 0 Å². The van der Waals surface area contributed by atoms with E-state index in [0.29, 0.717) is 73.6 Å². The Morgan fingerprint density at radius 3 is 2.58 bits per heavy atom. The molecule has 0 saturated carbocycles. The van der Waals surface area contributed by atoms with Crippen LogP contribution in [0, 0.1) is 22.9 Å². The molecule has 2 aromatic carbocycles. The van der Waals surface area contributed by atoms with Crippen molar-refractivity contribution in [2.75, 3.05) is 26.7 Å². The molecule has 40 heavy (non-hydrogen) atoms. The first-order valence-electron chi connectivity index (χ1n) is 13.4. The van der Waals surface area contributed by atoms with Gasteiger partial charge in [0.1, 0.15) is 18.2 Å². The number of benzene rings is 2. The number of fused-ring (bicyclic) bond motifs is 1. The highest BCUT2D eigenvalue weighted by molar-refractivity contribution is 5.85. The van der Waals surface area contributed by atoms with Crippen molar-refractivity contribution in [2.45, 2.75) is 57.7 Å². The van der Waals surface area contributed by atoms with E-state index in [0.717, 1.165) is 6.07 Å². The Morgan fingerprint density at radius 1 is 1.15 bits per heavy atom. The van der Waals surface area contributed by atoms with Gasteiger partial charge < -0.3 is 19.8 Å². The topological polar surface area (TPSA) is 82.9 Å². The van der Waals surface area contributed by atoms with Gasteiger partial charge in [0.05, 0.1) is 25.2 Å². The number of rotatable bonds is 12. The fourth-order valence-electron chi connectivity index (χ4n) is 5.82. The van der Waals surface area contributed by atoms with Crippen molar-refractivity contribution >= 4 is 16.9 Å². The van der Waals surface area contributed by atoms with Crippen molar-refractivity contribution in [3.8, 4) is 5.75 Å². The molecule has 0 amide bonds. The highest BCUT2D eigenvalue weighted by atomic mass is 19.2. The first kappa shape index (κ1) is 29.7. The van der Waals surface area contributed by atoms with Gasteiger partial charge in [-0.3, -0.25) is 9.78 Å². The summed E-state index contributed by atoms with van der Waals surface area (Å²) in [5, 5.41) is 21.5. The summed E-state index contributed by atoms with van der Waals surface area (Å²) < 4.78 is 60.1. The van der Waals surface area contributed by atoms with Crippen LogP contribution in [-0.2, 0) is 17.9 Å². The molecular weight excluding hydrogens is 528 g/mol. The molecule has 0 radical (unpaired) electrons. The summed E-state index contributed by atoms with van der Waals surface area (Å²) in [7, 11) is 1.52. The lowest BCUT2D eigenvalue weighted by atomic mass is 9.71. The van der Waals surface area contributed by atoms with Gasteiger partial charge in [0.2, 0.25) is 0 Å². The Kier molecular flexibility index (Phi) is 9.63. The molecule has 0 bridgehead atoms. The molecule has 1 aliphatic heterocycles. The zero-order valence-electron chi connectivity index (χ0n) is 22.4. The number of carbonyl (C=O) groups is 1. The van der Waals surface area contributed by atoms with E-state index in [1.54, 1.807) is 18.2 Å². The molecule has 2 N–H and O–H groups in total. The van der Waals surface area contributed by atoms with E-state index < -0.39 is 41.6 Å². The van der Waals surface area contributed by atoms with Crippen LogP contribution in [0.4, 0.5) is 17.6 Å². The van der Waals surface area contributed by atoms with Crippen molar-refractivity contribution in [2.24, 2.45) is 5.41 Å². The SMILES string of the molecule is COc1ccc2ncc(CF)c(C(O)CCC3(CC(=O)O)CCN(CCCc4cc(F)cc(F)c4F)CC3)c2c1. The van der Waals surface area contributed by atoms with E-state index in [9.17, 15) is 32.6 Å². The van der Waals surface area contributed by atoms with Gasteiger partial charge in [-0.05, 0) is 99.0 Å². The van der Waals surface area contributed by atoms with E-state index in [2.05, 4.69) is 9.88 Å². The summed E-state index contributed by atoms with van der Waals surface area (Å²) in [5.74, 6) is -3.42. The predicted molar refractivity (Wildman–Crippen MR) is 142 cm³/mol. The fourth-order valence-corrected chi connectivity index (χ4v) is 5.82.